The van der Waals surface area contributed by atoms with Crippen molar-refractivity contribution in [3.05, 3.63) is 58.3 Å². The van der Waals surface area contributed by atoms with Crippen LogP contribution < -0.4 is 5.32 Å². The zero-order chi connectivity index (χ0) is 15.2. The molecule has 1 saturated heterocycles. The van der Waals surface area contributed by atoms with Crippen LogP contribution in [0.1, 0.15) is 28.1 Å². The molecule has 1 aromatic heterocycles. The topological polar surface area (TPSA) is 32.3 Å². The Kier molecular flexibility index (Phi) is 5.24. The molecule has 1 atom stereocenters. The van der Waals surface area contributed by atoms with Gasteiger partial charge < -0.3 is 5.32 Å². The molecule has 2 heterocycles. The Bertz CT molecular complexity index is 582. The maximum absolute atomic E-state index is 12.0. The fourth-order valence-corrected chi connectivity index (χ4v) is 3.68. The van der Waals surface area contributed by atoms with E-state index in [1.165, 1.54) is 29.7 Å². The van der Waals surface area contributed by atoms with Crippen molar-refractivity contribution in [1.29, 1.82) is 0 Å². The van der Waals surface area contributed by atoms with Gasteiger partial charge in [0.1, 0.15) is 0 Å². The van der Waals surface area contributed by atoms with Crippen molar-refractivity contribution in [2.24, 2.45) is 5.92 Å². The average molecular weight is 314 g/mol. The molecule has 0 saturated carbocycles. The lowest BCUT2D eigenvalue weighted by Gasteiger charge is -2.32. The normalized spacial score (nSPS) is 19.0. The van der Waals surface area contributed by atoms with Gasteiger partial charge in [0.2, 0.25) is 0 Å². The van der Waals surface area contributed by atoms with Crippen molar-refractivity contribution in [1.82, 2.24) is 10.2 Å². The Morgan fingerprint density at radius 2 is 2.09 bits per heavy atom. The SMILES string of the molecule is O=C(NCC1CCCN(Cc2ccccc2)C1)c1cccs1. The third-order valence-corrected chi connectivity index (χ3v) is 5.02. The lowest BCUT2D eigenvalue weighted by molar-refractivity contribution is 0.0934. The summed E-state index contributed by atoms with van der Waals surface area (Å²) in [6.45, 7) is 4.02. The fraction of sp³-hybridized carbons (Fsp3) is 0.389. The summed E-state index contributed by atoms with van der Waals surface area (Å²) < 4.78 is 0. The molecule has 116 valence electrons. The molecule has 1 aliphatic heterocycles. The van der Waals surface area contributed by atoms with Crippen LogP contribution in [0.25, 0.3) is 0 Å². The van der Waals surface area contributed by atoms with Gasteiger partial charge >= 0.3 is 0 Å². The van der Waals surface area contributed by atoms with Crippen LogP contribution in [-0.2, 0) is 6.54 Å². The van der Waals surface area contributed by atoms with E-state index >= 15 is 0 Å². The van der Waals surface area contributed by atoms with E-state index in [1.807, 2.05) is 17.5 Å². The van der Waals surface area contributed by atoms with Gasteiger partial charge in [0.15, 0.2) is 0 Å². The predicted molar refractivity (Wildman–Crippen MR) is 91.1 cm³/mol. The van der Waals surface area contributed by atoms with E-state index in [1.54, 1.807) is 0 Å². The number of benzene rings is 1. The minimum atomic E-state index is 0.0650. The van der Waals surface area contributed by atoms with E-state index < -0.39 is 0 Å². The van der Waals surface area contributed by atoms with Gasteiger partial charge in [-0.1, -0.05) is 36.4 Å². The highest BCUT2D eigenvalue weighted by Crippen LogP contribution is 2.18. The molecule has 3 rings (SSSR count). The van der Waals surface area contributed by atoms with Crippen molar-refractivity contribution >= 4 is 17.2 Å². The Morgan fingerprint density at radius 3 is 2.86 bits per heavy atom. The number of hydrogen-bond acceptors (Lipinski definition) is 3. The Morgan fingerprint density at radius 1 is 1.23 bits per heavy atom. The van der Waals surface area contributed by atoms with Gasteiger partial charge in [-0.25, -0.2) is 0 Å². The molecule has 4 heteroatoms. The van der Waals surface area contributed by atoms with Gasteiger partial charge in [0, 0.05) is 19.6 Å². The molecule has 0 aliphatic carbocycles. The third-order valence-electron chi connectivity index (χ3n) is 4.15. The quantitative estimate of drug-likeness (QED) is 0.917. The number of rotatable bonds is 5. The fourth-order valence-electron chi connectivity index (χ4n) is 3.04. The maximum atomic E-state index is 12.0. The second-order valence-corrected chi connectivity index (χ2v) is 6.86. The van der Waals surface area contributed by atoms with Crippen molar-refractivity contribution in [2.45, 2.75) is 19.4 Å². The van der Waals surface area contributed by atoms with Gasteiger partial charge in [0.25, 0.3) is 5.91 Å². The Hall–Kier alpha value is -1.65. The minimum Gasteiger partial charge on any atom is -0.351 e. The van der Waals surface area contributed by atoms with Crippen molar-refractivity contribution < 1.29 is 4.79 Å². The summed E-state index contributed by atoms with van der Waals surface area (Å²) in [4.78, 5) is 15.3. The zero-order valence-electron chi connectivity index (χ0n) is 12.7. The molecule has 1 N–H and O–H groups in total. The first-order valence-electron chi connectivity index (χ1n) is 7.89. The number of thiophene rings is 1. The van der Waals surface area contributed by atoms with E-state index in [-0.39, 0.29) is 5.91 Å². The van der Waals surface area contributed by atoms with Gasteiger partial charge in [-0.2, -0.15) is 0 Å². The standard InChI is InChI=1S/C18H22N2OS/c21-18(17-9-5-11-22-17)19-12-16-8-4-10-20(14-16)13-15-6-2-1-3-7-15/h1-3,5-7,9,11,16H,4,8,10,12-14H2,(H,19,21). The Labute approximate surface area is 136 Å². The van der Waals surface area contributed by atoms with Crippen LogP contribution in [0.4, 0.5) is 0 Å². The largest absolute Gasteiger partial charge is 0.351 e. The minimum absolute atomic E-state index is 0.0650. The number of piperidine rings is 1. The maximum Gasteiger partial charge on any atom is 0.261 e. The lowest BCUT2D eigenvalue weighted by atomic mass is 9.97. The number of likely N-dealkylation sites (tertiary alicyclic amines) is 1. The van der Waals surface area contributed by atoms with E-state index in [9.17, 15) is 4.79 Å². The molecule has 1 unspecified atom stereocenters. The highest BCUT2D eigenvalue weighted by molar-refractivity contribution is 7.12. The first kappa shape index (κ1) is 15.3. The second-order valence-electron chi connectivity index (χ2n) is 5.92. The first-order chi connectivity index (χ1) is 10.8. The molecule has 1 amide bonds. The summed E-state index contributed by atoms with van der Waals surface area (Å²) in [5.74, 6) is 0.622. The van der Waals surface area contributed by atoms with Gasteiger partial charge in [-0.3, -0.25) is 9.69 Å². The lowest BCUT2D eigenvalue weighted by Crippen LogP contribution is -2.40. The van der Waals surface area contributed by atoms with Crippen LogP contribution in [0, 0.1) is 5.92 Å². The van der Waals surface area contributed by atoms with Crippen molar-refractivity contribution in [3.8, 4) is 0 Å². The molecular formula is C18H22N2OS. The summed E-state index contributed by atoms with van der Waals surface area (Å²) >= 11 is 1.50. The van der Waals surface area contributed by atoms with E-state index in [0.717, 1.165) is 31.1 Å². The first-order valence-corrected chi connectivity index (χ1v) is 8.77. The molecule has 1 aromatic carbocycles. The predicted octanol–water partition coefficient (Wildman–Crippen LogP) is 3.39. The van der Waals surface area contributed by atoms with Crippen molar-refractivity contribution in [3.63, 3.8) is 0 Å². The van der Waals surface area contributed by atoms with Crippen molar-refractivity contribution in [2.75, 3.05) is 19.6 Å². The number of amides is 1. The summed E-state index contributed by atoms with van der Waals surface area (Å²) in [6, 6.07) is 14.4. The highest BCUT2D eigenvalue weighted by Gasteiger charge is 2.20. The highest BCUT2D eigenvalue weighted by atomic mass is 32.1. The number of nitrogens with one attached hydrogen (secondary N) is 1. The molecule has 2 aromatic rings. The number of carbonyl (C=O) groups is 1. The molecule has 0 radical (unpaired) electrons. The van der Waals surface area contributed by atoms with E-state index in [0.29, 0.717) is 5.92 Å². The van der Waals surface area contributed by atoms with Gasteiger partial charge in [-0.05, 0) is 42.3 Å². The van der Waals surface area contributed by atoms with Gasteiger partial charge in [0.05, 0.1) is 4.88 Å². The van der Waals surface area contributed by atoms with Gasteiger partial charge in [-0.15, -0.1) is 11.3 Å². The van der Waals surface area contributed by atoms with Crippen LogP contribution in [0.5, 0.6) is 0 Å². The van der Waals surface area contributed by atoms with Crippen LogP contribution in [-0.4, -0.2) is 30.4 Å². The molecular weight excluding hydrogens is 292 g/mol. The number of nitrogens with zero attached hydrogens (tertiary/aromatic N) is 1. The molecule has 1 aliphatic rings. The van der Waals surface area contributed by atoms with Crippen LogP contribution >= 0.6 is 11.3 Å². The summed E-state index contributed by atoms with van der Waals surface area (Å²) in [5.41, 5.74) is 1.37. The second kappa shape index (κ2) is 7.56. The Balaban J connectivity index is 1.47. The monoisotopic (exact) mass is 314 g/mol. The summed E-state index contributed by atoms with van der Waals surface area (Å²) in [6.07, 6.45) is 2.42. The number of carbonyl (C=O) groups excluding carboxylic acids is 1. The summed E-state index contributed by atoms with van der Waals surface area (Å²) in [5, 5.41) is 5.03. The molecule has 1 fully saturated rings. The zero-order valence-corrected chi connectivity index (χ0v) is 13.5. The smallest absolute Gasteiger partial charge is 0.261 e. The average Bonchev–Trinajstić information content (AvgIpc) is 3.08. The molecule has 0 bridgehead atoms. The van der Waals surface area contributed by atoms with Crippen LogP contribution in [0.2, 0.25) is 0 Å². The molecule has 22 heavy (non-hydrogen) atoms. The van der Waals surface area contributed by atoms with E-state index in [2.05, 4.69) is 40.5 Å². The molecule has 3 nitrogen and oxygen atoms in total. The van der Waals surface area contributed by atoms with Crippen LogP contribution in [0.3, 0.4) is 0 Å². The summed E-state index contributed by atoms with van der Waals surface area (Å²) in [7, 11) is 0. The third kappa shape index (κ3) is 4.18. The molecule has 0 spiro atoms. The van der Waals surface area contributed by atoms with Crippen LogP contribution in [0.15, 0.2) is 47.8 Å². The number of hydrogen-bond donors (Lipinski definition) is 1. The van der Waals surface area contributed by atoms with E-state index in [4.69, 9.17) is 0 Å².